The highest BCUT2D eigenvalue weighted by molar-refractivity contribution is 14.0. The fourth-order valence-corrected chi connectivity index (χ4v) is 3.01. The molecule has 0 amide bonds. The van der Waals surface area contributed by atoms with Crippen LogP contribution in [0, 0.1) is 0 Å². The van der Waals surface area contributed by atoms with Gasteiger partial charge in [-0.3, -0.25) is 4.99 Å². The molecule has 6 nitrogen and oxygen atoms in total. The first-order valence-electron chi connectivity index (χ1n) is 7.39. The minimum absolute atomic E-state index is 0. The Balaban J connectivity index is 0.00000264. The maximum Gasteiger partial charge on any atom is 0.193 e. The minimum Gasteiger partial charge on any atom is -0.492 e. The average Bonchev–Trinajstić information content (AvgIpc) is 3.01. The van der Waals surface area contributed by atoms with Gasteiger partial charge in [-0.15, -0.1) is 24.0 Å². The largest absolute Gasteiger partial charge is 0.492 e. The van der Waals surface area contributed by atoms with Crippen molar-refractivity contribution in [3.63, 3.8) is 0 Å². The van der Waals surface area contributed by atoms with Crippen LogP contribution >= 0.6 is 24.0 Å². The number of rotatable bonds is 5. The molecule has 1 aromatic carbocycles. The Labute approximate surface area is 155 Å². The van der Waals surface area contributed by atoms with Crippen LogP contribution < -0.4 is 10.1 Å². The van der Waals surface area contributed by atoms with Crippen LogP contribution in [0.5, 0.6) is 5.75 Å². The zero-order valence-electron chi connectivity index (χ0n) is 13.5. The van der Waals surface area contributed by atoms with Gasteiger partial charge in [0.1, 0.15) is 12.4 Å². The summed E-state index contributed by atoms with van der Waals surface area (Å²) in [6, 6.07) is 6.46. The molecule has 1 heterocycles. The molecule has 1 aliphatic heterocycles. The first kappa shape index (κ1) is 20.0. The molecule has 1 N–H and O–H groups in total. The van der Waals surface area contributed by atoms with Crippen molar-refractivity contribution < 1.29 is 13.2 Å². The lowest BCUT2D eigenvalue weighted by atomic mass is 10.3. The zero-order chi connectivity index (χ0) is 16.0. The molecule has 0 spiro atoms. The fourth-order valence-electron chi connectivity index (χ4n) is 2.38. The van der Waals surface area contributed by atoms with Crippen molar-refractivity contribution in [1.82, 2.24) is 10.2 Å². The van der Waals surface area contributed by atoms with Gasteiger partial charge in [-0.25, -0.2) is 8.42 Å². The normalized spacial score (nSPS) is 15.2. The van der Waals surface area contributed by atoms with Crippen molar-refractivity contribution in [3.8, 4) is 5.75 Å². The number of benzene rings is 1. The molecule has 0 radical (unpaired) electrons. The van der Waals surface area contributed by atoms with Gasteiger partial charge in [0, 0.05) is 26.4 Å². The number of hydrogen-bond acceptors (Lipinski definition) is 4. The van der Waals surface area contributed by atoms with Crippen molar-refractivity contribution in [2.75, 3.05) is 39.5 Å². The lowest BCUT2D eigenvalue weighted by molar-refractivity contribution is 0.319. The summed E-state index contributed by atoms with van der Waals surface area (Å²) in [7, 11) is -1.37. The van der Waals surface area contributed by atoms with E-state index in [4.69, 9.17) is 4.74 Å². The van der Waals surface area contributed by atoms with E-state index >= 15 is 0 Å². The van der Waals surface area contributed by atoms with Crippen LogP contribution in [-0.2, 0) is 9.84 Å². The third-order valence-electron chi connectivity index (χ3n) is 3.52. The minimum atomic E-state index is -3.16. The molecule has 23 heavy (non-hydrogen) atoms. The summed E-state index contributed by atoms with van der Waals surface area (Å²) >= 11 is 0. The summed E-state index contributed by atoms with van der Waals surface area (Å²) in [4.78, 5) is 6.80. The Morgan fingerprint density at radius 3 is 2.39 bits per heavy atom. The highest BCUT2D eigenvalue weighted by Gasteiger charge is 2.15. The Bertz CT molecular complexity index is 611. The molecular formula is C15H24IN3O3S. The molecule has 2 rings (SSSR count). The average molecular weight is 453 g/mol. The van der Waals surface area contributed by atoms with Crippen LogP contribution in [0.3, 0.4) is 0 Å². The molecule has 0 aliphatic carbocycles. The monoisotopic (exact) mass is 453 g/mol. The van der Waals surface area contributed by atoms with E-state index in [0.29, 0.717) is 23.8 Å². The van der Waals surface area contributed by atoms with Crippen LogP contribution in [0.15, 0.2) is 34.2 Å². The zero-order valence-corrected chi connectivity index (χ0v) is 16.6. The number of likely N-dealkylation sites (tertiary alicyclic amines) is 1. The summed E-state index contributed by atoms with van der Waals surface area (Å²) in [5, 5.41) is 3.27. The number of halogens is 1. The molecular weight excluding hydrogens is 429 g/mol. The summed E-state index contributed by atoms with van der Waals surface area (Å²) in [6.07, 6.45) is 3.62. The van der Waals surface area contributed by atoms with Gasteiger partial charge in [-0.2, -0.15) is 0 Å². The highest BCUT2D eigenvalue weighted by atomic mass is 127. The van der Waals surface area contributed by atoms with Crippen molar-refractivity contribution in [2.24, 2.45) is 4.99 Å². The number of ether oxygens (including phenoxy) is 1. The van der Waals surface area contributed by atoms with E-state index in [1.165, 1.54) is 19.1 Å². The standard InChI is InChI=1S/C15H23N3O3S.HI/c1-16-15(18-10-3-4-11-18)17-9-12-21-13-5-7-14(8-6-13)22(2,19)20;/h5-8H,3-4,9-12H2,1-2H3,(H,16,17);1H. The molecule has 1 aliphatic rings. The molecule has 130 valence electrons. The molecule has 1 fully saturated rings. The first-order valence-corrected chi connectivity index (χ1v) is 9.28. The quantitative estimate of drug-likeness (QED) is 0.319. The van der Waals surface area contributed by atoms with Crippen molar-refractivity contribution >= 4 is 39.8 Å². The van der Waals surface area contributed by atoms with Gasteiger partial charge in [-0.05, 0) is 37.1 Å². The van der Waals surface area contributed by atoms with E-state index in [2.05, 4.69) is 15.2 Å². The van der Waals surface area contributed by atoms with Crippen molar-refractivity contribution in [3.05, 3.63) is 24.3 Å². The van der Waals surface area contributed by atoms with Gasteiger partial charge in [-0.1, -0.05) is 0 Å². The van der Waals surface area contributed by atoms with Crippen LogP contribution in [0.25, 0.3) is 0 Å². The number of guanidine groups is 1. The van der Waals surface area contributed by atoms with E-state index in [9.17, 15) is 8.42 Å². The van der Waals surface area contributed by atoms with Gasteiger partial charge in [0.25, 0.3) is 0 Å². The highest BCUT2D eigenvalue weighted by Crippen LogP contribution is 2.15. The molecule has 8 heteroatoms. The molecule has 0 aromatic heterocycles. The molecule has 0 bridgehead atoms. The Hall–Kier alpha value is -1.03. The smallest absolute Gasteiger partial charge is 0.193 e. The molecule has 0 atom stereocenters. The van der Waals surface area contributed by atoms with E-state index in [1.54, 1.807) is 31.3 Å². The second kappa shape index (κ2) is 9.31. The second-order valence-corrected chi connectivity index (χ2v) is 7.28. The number of aliphatic imine (C=N–C) groups is 1. The second-order valence-electron chi connectivity index (χ2n) is 5.26. The summed E-state index contributed by atoms with van der Waals surface area (Å²) < 4.78 is 28.3. The number of nitrogens with one attached hydrogen (secondary N) is 1. The Morgan fingerprint density at radius 2 is 1.87 bits per heavy atom. The Morgan fingerprint density at radius 1 is 1.26 bits per heavy atom. The van der Waals surface area contributed by atoms with Crippen LogP contribution in [0.2, 0.25) is 0 Å². The van der Waals surface area contributed by atoms with E-state index in [0.717, 1.165) is 19.0 Å². The third-order valence-corrected chi connectivity index (χ3v) is 4.65. The number of nitrogens with zero attached hydrogens (tertiary/aromatic N) is 2. The molecule has 0 unspecified atom stereocenters. The van der Waals surface area contributed by atoms with Crippen LogP contribution in [-0.4, -0.2) is 58.8 Å². The van der Waals surface area contributed by atoms with Crippen molar-refractivity contribution in [1.29, 1.82) is 0 Å². The molecule has 0 saturated carbocycles. The topological polar surface area (TPSA) is 71.0 Å². The van der Waals surface area contributed by atoms with Crippen LogP contribution in [0.4, 0.5) is 0 Å². The maximum atomic E-state index is 11.4. The van der Waals surface area contributed by atoms with Crippen molar-refractivity contribution in [2.45, 2.75) is 17.7 Å². The van der Waals surface area contributed by atoms with Gasteiger partial charge < -0.3 is 15.0 Å². The van der Waals surface area contributed by atoms with Gasteiger partial charge in [0.2, 0.25) is 0 Å². The SMILES string of the molecule is CN=C(NCCOc1ccc(S(C)(=O)=O)cc1)N1CCCC1.I. The predicted octanol–water partition coefficient (Wildman–Crippen LogP) is 1.76. The first-order chi connectivity index (χ1) is 10.5. The summed E-state index contributed by atoms with van der Waals surface area (Å²) in [5.41, 5.74) is 0. The lowest BCUT2D eigenvalue weighted by Gasteiger charge is -2.20. The van der Waals surface area contributed by atoms with Crippen LogP contribution in [0.1, 0.15) is 12.8 Å². The lowest BCUT2D eigenvalue weighted by Crippen LogP contribution is -2.41. The van der Waals surface area contributed by atoms with E-state index < -0.39 is 9.84 Å². The van der Waals surface area contributed by atoms with E-state index in [1.807, 2.05) is 0 Å². The summed E-state index contributed by atoms with van der Waals surface area (Å²) in [5.74, 6) is 1.57. The summed E-state index contributed by atoms with van der Waals surface area (Å²) in [6.45, 7) is 3.24. The molecule has 1 aromatic rings. The van der Waals surface area contributed by atoms with E-state index in [-0.39, 0.29) is 24.0 Å². The fraction of sp³-hybridized carbons (Fsp3) is 0.533. The maximum absolute atomic E-state index is 11.4. The number of hydrogen-bond donors (Lipinski definition) is 1. The van der Waals surface area contributed by atoms with Gasteiger partial charge >= 0.3 is 0 Å². The Kier molecular flexibility index (Phi) is 8.10. The number of sulfone groups is 1. The predicted molar refractivity (Wildman–Crippen MR) is 103 cm³/mol. The van der Waals surface area contributed by atoms with Gasteiger partial charge in [0.05, 0.1) is 11.4 Å². The third kappa shape index (κ3) is 6.17. The van der Waals surface area contributed by atoms with Gasteiger partial charge in [0.15, 0.2) is 15.8 Å². The molecule has 1 saturated heterocycles.